The zero-order valence-corrected chi connectivity index (χ0v) is 14.7. The Morgan fingerprint density at radius 2 is 1.95 bits per heavy atom. The molecular weight excluding hydrogens is 294 g/mol. The van der Waals surface area contributed by atoms with E-state index < -0.39 is 0 Å². The van der Waals surface area contributed by atoms with Gasteiger partial charge in [0.25, 0.3) is 0 Å². The number of thiophene rings is 2. The lowest BCUT2D eigenvalue weighted by Crippen LogP contribution is -2.21. The van der Waals surface area contributed by atoms with Crippen LogP contribution in [0.1, 0.15) is 64.2 Å². The van der Waals surface area contributed by atoms with Gasteiger partial charge in [-0.3, -0.25) is 0 Å². The largest absolute Gasteiger partial charge is 0.305 e. The van der Waals surface area contributed by atoms with Gasteiger partial charge in [0.2, 0.25) is 0 Å². The predicted octanol–water partition coefficient (Wildman–Crippen LogP) is 5.34. The molecule has 1 aliphatic carbocycles. The molecule has 0 spiro atoms. The standard InChI is InChI=1S/C18H25NS2/c1-3-11-19-18(16-10-9-14(4-2)20-16)17-12-13-7-5-6-8-15(13)21-17/h9-10,12,18-19H,3-8,11H2,1-2H3. The van der Waals surface area contributed by atoms with E-state index >= 15 is 0 Å². The van der Waals surface area contributed by atoms with Crippen molar-refractivity contribution in [1.82, 2.24) is 5.32 Å². The Kier molecular flexibility index (Phi) is 5.15. The molecule has 1 N–H and O–H groups in total. The second-order valence-electron chi connectivity index (χ2n) is 5.85. The fraction of sp³-hybridized carbons (Fsp3) is 0.556. The number of aryl methyl sites for hydroxylation is 3. The summed E-state index contributed by atoms with van der Waals surface area (Å²) in [5, 5.41) is 3.77. The van der Waals surface area contributed by atoms with E-state index in [-0.39, 0.29) is 0 Å². The lowest BCUT2D eigenvalue weighted by Gasteiger charge is -2.15. The van der Waals surface area contributed by atoms with Crippen molar-refractivity contribution in [2.45, 2.75) is 58.4 Å². The van der Waals surface area contributed by atoms with Gasteiger partial charge in [0.1, 0.15) is 0 Å². The van der Waals surface area contributed by atoms with Crippen molar-refractivity contribution in [2.24, 2.45) is 0 Å². The van der Waals surface area contributed by atoms with Crippen LogP contribution >= 0.6 is 22.7 Å². The summed E-state index contributed by atoms with van der Waals surface area (Å²) in [6.07, 6.45) is 7.66. The molecule has 2 aromatic heterocycles. The van der Waals surface area contributed by atoms with Crippen molar-refractivity contribution in [1.29, 1.82) is 0 Å². The van der Waals surface area contributed by atoms with Crippen molar-refractivity contribution < 1.29 is 0 Å². The number of hydrogen-bond acceptors (Lipinski definition) is 3. The third kappa shape index (κ3) is 3.41. The van der Waals surface area contributed by atoms with E-state index in [4.69, 9.17) is 0 Å². The summed E-state index contributed by atoms with van der Waals surface area (Å²) in [6, 6.07) is 7.52. The third-order valence-electron chi connectivity index (χ3n) is 4.21. The Morgan fingerprint density at radius 1 is 1.10 bits per heavy atom. The maximum Gasteiger partial charge on any atom is 0.0765 e. The summed E-state index contributed by atoms with van der Waals surface area (Å²) in [7, 11) is 0. The Morgan fingerprint density at radius 3 is 2.67 bits per heavy atom. The lowest BCUT2D eigenvalue weighted by molar-refractivity contribution is 0.612. The van der Waals surface area contributed by atoms with Gasteiger partial charge >= 0.3 is 0 Å². The fourth-order valence-corrected chi connectivity index (χ4v) is 5.50. The normalized spacial score (nSPS) is 15.9. The first-order valence-electron chi connectivity index (χ1n) is 8.25. The van der Waals surface area contributed by atoms with Crippen LogP contribution in [-0.2, 0) is 19.3 Å². The van der Waals surface area contributed by atoms with Crippen LogP contribution in [0.25, 0.3) is 0 Å². The second-order valence-corrected chi connectivity index (χ2v) is 8.22. The minimum atomic E-state index is 0.408. The van der Waals surface area contributed by atoms with E-state index in [1.165, 1.54) is 46.7 Å². The van der Waals surface area contributed by atoms with E-state index in [0.29, 0.717) is 6.04 Å². The van der Waals surface area contributed by atoms with Crippen molar-refractivity contribution in [2.75, 3.05) is 6.54 Å². The quantitative estimate of drug-likeness (QED) is 0.758. The van der Waals surface area contributed by atoms with Crippen LogP contribution in [0.4, 0.5) is 0 Å². The van der Waals surface area contributed by atoms with E-state index in [9.17, 15) is 0 Å². The molecule has 3 rings (SSSR count). The highest BCUT2D eigenvalue weighted by Crippen LogP contribution is 2.37. The molecule has 3 heteroatoms. The van der Waals surface area contributed by atoms with Gasteiger partial charge in [0.05, 0.1) is 6.04 Å². The van der Waals surface area contributed by atoms with E-state index in [1.54, 1.807) is 10.4 Å². The topological polar surface area (TPSA) is 12.0 Å². The summed E-state index contributed by atoms with van der Waals surface area (Å²) < 4.78 is 0. The van der Waals surface area contributed by atoms with Crippen molar-refractivity contribution >= 4 is 22.7 Å². The molecule has 1 aliphatic rings. The smallest absolute Gasteiger partial charge is 0.0765 e. The molecule has 0 aliphatic heterocycles. The van der Waals surface area contributed by atoms with Crippen LogP contribution in [0, 0.1) is 0 Å². The highest BCUT2D eigenvalue weighted by molar-refractivity contribution is 7.13. The summed E-state index contributed by atoms with van der Waals surface area (Å²) in [6.45, 7) is 5.58. The molecule has 1 atom stereocenters. The van der Waals surface area contributed by atoms with Gasteiger partial charge in [0, 0.05) is 19.5 Å². The Hall–Kier alpha value is -0.640. The average molecular weight is 320 g/mol. The number of hydrogen-bond donors (Lipinski definition) is 1. The minimum absolute atomic E-state index is 0.408. The molecule has 114 valence electrons. The first-order chi connectivity index (χ1) is 10.3. The maximum atomic E-state index is 3.77. The van der Waals surface area contributed by atoms with Gasteiger partial charge in [-0.05, 0) is 68.8 Å². The zero-order chi connectivity index (χ0) is 14.7. The second kappa shape index (κ2) is 7.08. The van der Waals surface area contributed by atoms with Gasteiger partial charge in [-0.2, -0.15) is 0 Å². The van der Waals surface area contributed by atoms with Crippen LogP contribution in [0.15, 0.2) is 18.2 Å². The Balaban J connectivity index is 1.89. The Bertz CT molecular complexity index is 558. The van der Waals surface area contributed by atoms with E-state index in [0.717, 1.165) is 13.0 Å². The van der Waals surface area contributed by atoms with Gasteiger partial charge < -0.3 is 5.32 Å². The molecule has 0 amide bonds. The monoisotopic (exact) mass is 319 g/mol. The highest BCUT2D eigenvalue weighted by Gasteiger charge is 2.21. The van der Waals surface area contributed by atoms with E-state index in [2.05, 4.69) is 37.4 Å². The van der Waals surface area contributed by atoms with Crippen molar-refractivity contribution in [3.63, 3.8) is 0 Å². The molecule has 2 heterocycles. The molecule has 0 bridgehead atoms. The molecule has 0 saturated carbocycles. The number of rotatable bonds is 6. The summed E-state index contributed by atoms with van der Waals surface area (Å²) in [5.74, 6) is 0. The average Bonchev–Trinajstić information content (AvgIpc) is 3.14. The molecule has 1 nitrogen and oxygen atoms in total. The summed E-state index contributed by atoms with van der Waals surface area (Å²) in [4.78, 5) is 6.15. The first-order valence-corrected chi connectivity index (χ1v) is 9.88. The van der Waals surface area contributed by atoms with Crippen molar-refractivity contribution in [3.8, 4) is 0 Å². The third-order valence-corrected chi connectivity index (χ3v) is 6.81. The molecule has 0 radical (unpaired) electrons. The summed E-state index contributed by atoms with van der Waals surface area (Å²) in [5.41, 5.74) is 1.62. The van der Waals surface area contributed by atoms with Crippen LogP contribution < -0.4 is 5.32 Å². The van der Waals surface area contributed by atoms with Crippen LogP contribution in [0.2, 0.25) is 0 Å². The predicted molar refractivity (Wildman–Crippen MR) is 94.8 cm³/mol. The summed E-state index contributed by atoms with van der Waals surface area (Å²) >= 11 is 4.03. The van der Waals surface area contributed by atoms with Gasteiger partial charge in [-0.25, -0.2) is 0 Å². The molecule has 2 aromatic rings. The van der Waals surface area contributed by atoms with Crippen LogP contribution in [0.3, 0.4) is 0 Å². The molecular formula is C18H25NS2. The van der Waals surface area contributed by atoms with Crippen molar-refractivity contribution in [3.05, 3.63) is 43.3 Å². The zero-order valence-electron chi connectivity index (χ0n) is 13.1. The minimum Gasteiger partial charge on any atom is -0.305 e. The highest BCUT2D eigenvalue weighted by atomic mass is 32.1. The number of fused-ring (bicyclic) bond motifs is 1. The lowest BCUT2D eigenvalue weighted by atomic mass is 9.98. The SMILES string of the molecule is CCCNC(c1ccc(CC)s1)c1cc2c(s1)CCCC2. The van der Waals surface area contributed by atoms with Gasteiger partial charge in [0.15, 0.2) is 0 Å². The molecule has 21 heavy (non-hydrogen) atoms. The molecule has 0 saturated heterocycles. The van der Waals surface area contributed by atoms with E-state index in [1.807, 2.05) is 22.7 Å². The van der Waals surface area contributed by atoms with Crippen LogP contribution in [-0.4, -0.2) is 6.54 Å². The Labute approximate surface area is 136 Å². The molecule has 1 unspecified atom stereocenters. The number of nitrogens with one attached hydrogen (secondary N) is 1. The molecule has 0 fully saturated rings. The van der Waals surface area contributed by atoms with Gasteiger partial charge in [-0.15, -0.1) is 22.7 Å². The van der Waals surface area contributed by atoms with Gasteiger partial charge in [-0.1, -0.05) is 13.8 Å². The maximum absolute atomic E-state index is 3.77. The fourth-order valence-electron chi connectivity index (χ4n) is 3.03. The first kappa shape index (κ1) is 15.3. The van der Waals surface area contributed by atoms with Crippen LogP contribution in [0.5, 0.6) is 0 Å². The molecule has 0 aromatic carbocycles.